The maximum Gasteiger partial charge on any atom is 0.248 e. The predicted molar refractivity (Wildman–Crippen MR) is 75.9 cm³/mol. The van der Waals surface area contributed by atoms with Crippen LogP contribution in [0.1, 0.15) is 59.3 Å². The van der Waals surface area contributed by atoms with E-state index < -0.39 is 12.2 Å². The Labute approximate surface area is 116 Å². The van der Waals surface area contributed by atoms with Crippen molar-refractivity contribution in [1.82, 2.24) is 5.32 Å². The molecule has 2 atom stereocenters. The summed E-state index contributed by atoms with van der Waals surface area (Å²) in [5.41, 5.74) is 0. The summed E-state index contributed by atoms with van der Waals surface area (Å²) >= 11 is 0. The molecule has 0 bridgehead atoms. The Bertz CT molecular complexity index is 260. The summed E-state index contributed by atoms with van der Waals surface area (Å²) in [5.74, 6) is 0.0299. The first kappa shape index (κ1) is 16.4. The number of carbonyl (C=O) groups excluding carboxylic acids is 1. The molecule has 19 heavy (non-hydrogen) atoms. The molecular formula is C15H29NO3. The lowest BCUT2D eigenvalue weighted by Gasteiger charge is -2.22. The van der Waals surface area contributed by atoms with E-state index in [4.69, 9.17) is 4.74 Å². The van der Waals surface area contributed by atoms with Crippen LogP contribution in [-0.4, -0.2) is 35.9 Å². The van der Waals surface area contributed by atoms with Crippen molar-refractivity contribution in [2.75, 3.05) is 6.54 Å². The molecule has 0 heterocycles. The van der Waals surface area contributed by atoms with E-state index in [1.165, 1.54) is 25.7 Å². The molecule has 2 unspecified atom stereocenters. The minimum atomic E-state index is -0.492. The zero-order valence-corrected chi connectivity index (χ0v) is 12.5. The van der Waals surface area contributed by atoms with Crippen LogP contribution in [-0.2, 0) is 9.53 Å². The largest absolute Gasteiger partial charge is 0.391 e. The summed E-state index contributed by atoms with van der Waals surface area (Å²) in [6, 6.07) is 0. The number of ether oxygens (including phenoxy) is 1. The second kappa shape index (κ2) is 8.54. The van der Waals surface area contributed by atoms with E-state index >= 15 is 0 Å². The minimum absolute atomic E-state index is 0.121. The highest BCUT2D eigenvalue weighted by molar-refractivity contribution is 5.80. The number of carbonyl (C=O) groups is 1. The Kier molecular flexibility index (Phi) is 7.39. The van der Waals surface area contributed by atoms with Gasteiger partial charge in [0.1, 0.15) is 6.10 Å². The Morgan fingerprint density at radius 2 is 1.79 bits per heavy atom. The Hall–Kier alpha value is -0.610. The van der Waals surface area contributed by atoms with Crippen molar-refractivity contribution in [2.45, 2.75) is 77.6 Å². The van der Waals surface area contributed by atoms with Gasteiger partial charge in [0.15, 0.2) is 0 Å². The first-order chi connectivity index (χ1) is 9.00. The molecule has 0 aliphatic heterocycles. The van der Waals surface area contributed by atoms with Gasteiger partial charge in [0.25, 0.3) is 0 Å². The summed E-state index contributed by atoms with van der Waals surface area (Å²) in [6.07, 6.45) is 6.38. The van der Waals surface area contributed by atoms with Crippen LogP contribution in [0.25, 0.3) is 0 Å². The molecule has 0 radical (unpaired) electrons. The van der Waals surface area contributed by atoms with Crippen molar-refractivity contribution >= 4 is 5.91 Å². The fourth-order valence-electron chi connectivity index (χ4n) is 2.31. The van der Waals surface area contributed by atoms with Gasteiger partial charge in [0, 0.05) is 6.54 Å². The third-order valence-corrected chi connectivity index (χ3v) is 3.82. The molecule has 2 N–H and O–H groups in total. The standard InChI is InChI=1S/C15H29NO3/c1-11(2)14(17)10-16-15(18)12(3)19-13-8-6-4-5-7-9-13/h11-14,17H,4-10H2,1-3H3,(H,16,18). The Balaban J connectivity index is 2.27. The number of aliphatic hydroxyl groups is 1. The molecule has 112 valence electrons. The molecule has 1 aliphatic rings. The highest BCUT2D eigenvalue weighted by atomic mass is 16.5. The van der Waals surface area contributed by atoms with Gasteiger partial charge in [-0.2, -0.15) is 0 Å². The van der Waals surface area contributed by atoms with Gasteiger partial charge in [-0.05, 0) is 25.7 Å². The first-order valence-electron chi connectivity index (χ1n) is 7.62. The SMILES string of the molecule is CC(OC1CCCCCC1)C(=O)NCC(O)C(C)C. The third-order valence-electron chi connectivity index (χ3n) is 3.82. The smallest absolute Gasteiger partial charge is 0.248 e. The monoisotopic (exact) mass is 271 g/mol. The lowest BCUT2D eigenvalue weighted by Crippen LogP contribution is -2.41. The van der Waals surface area contributed by atoms with E-state index in [0.29, 0.717) is 6.54 Å². The number of hydrogen-bond donors (Lipinski definition) is 2. The highest BCUT2D eigenvalue weighted by Gasteiger charge is 2.21. The molecular weight excluding hydrogens is 242 g/mol. The predicted octanol–water partition coefficient (Wildman–Crippen LogP) is 2.25. The molecule has 0 aromatic rings. The van der Waals surface area contributed by atoms with Crippen molar-refractivity contribution in [3.05, 3.63) is 0 Å². The van der Waals surface area contributed by atoms with Gasteiger partial charge in [-0.15, -0.1) is 0 Å². The summed E-state index contributed by atoms with van der Waals surface area (Å²) in [6.45, 7) is 5.96. The molecule has 1 rings (SSSR count). The minimum Gasteiger partial charge on any atom is -0.391 e. The van der Waals surface area contributed by atoms with E-state index in [1.54, 1.807) is 6.92 Å². The van der Waals surface area contributed by atoms with E-state index in [-0.39, 0.29) is 17.9 Å². The van der Waals surface area contributed by atoms with Crippen LogP contribution < -0.4 is 5.32 Å². The van der Waals surface area contributed by atoms with Crippen LogP contribution in [0.15, 0.2) is 0 Å². The fraction of sp³-hybridized carbons (Fsp3) is 0.933. The molecule has 0 aromatic carbocycles. The highest BCUT2D eigenvalue weighted by Crippen LogP contribution is 2.20. The normalized spacial score (nSPS) is 20.9. The Morgan fingerprint density at radius 1 is 1.21 bits per heavy atom. The number of aliphatic hydroxyl groups excluding tert-OH is 1. The number of amides is 1. The molecule has 1 aliphatic carbocycles. The molecule has 0 spiro atoms. The van der Waals surface area contributed by atoms with Gasteiger partial charge in [-0.25, -0.2) is 0 Å². The van der Waals surface area contributed by atoms with Crippen molar-refractivity contribution in [3.63, 3.8) is 0 Å². The van der Waals surface area contributed by atoms with E-state index in [9.17, 15) is 9.90 Å². The van der Waals surface area contributed by atoms with Crippen molar-refractivity contribution in [3.8, 4) is 0 Å². The lowest BCUT2D eigenvalue weighted by molar-refractivity contribution is -0.136. The van der Waals surface area contributed by atoms with Crippen molar-refractivity contribution in [1.29, 1.82) is 0 Å². The zero-order chi connectivity index (χ0) is 14.3. The second-order valence-corrected chi connectivity index (χ2v) is 5.95. The van der Waals surface area contributed by atoms with Gasteiger partial charge in [0.2, 0.25) is 5.91 Å². The van der Waals surface area contributed by atoms with Crippen LogP contribution in [0.5, 0.6) is 0 Å². The summed E-state index contributed by atoms with van der Waals surface area (Å²) < 4.78 is 5.83. The molecule has 4 nitrogen and oxygen atoms in total. The van der Waals surface area contributed by atoms with Crippen molar-refractivity contribution in [2.24, 2.45) is 5.92 Å². The van der Waals surface area contributed by atoms with Gasteiger partial charge >= 0.3 is 0 Å². The Morgan fingerprint density at radius 3 is 2.32 bits per heavy atom. The molecule has 1 amide bonds. The van der Waals surface area contributed by atoms with Crippen LogP contribution in [0.3, 0.4) is 0 Å². The van der Waals surface area contributed by atoms with E-state index in [0.717, 1.165) is 12.8 Å². The third kappa shape index (κ3) is 6.39. The van der Waals surface area contributed by atoms with Crippen LogP contribution in [0.4, 0.5) is 0 Å². The summed E-state index contributed by atoms with van der Waals surface area (Å²) in [5, 5.41) is 12.4. The molecule has 1 saturated carbocycles. The average Bonchev–Trinajstić information content (AvgIpc) is 2.63. The maximum atomic E-state index is 11.9. The van der Waals surface area contributed by atoms with Gasteiger partial charge in [-0.1, -0.05) is 39.5 Å². The fourth-order valence-corrected chi connectivity index (χ4v) is 2.31. The van der Waals surface area contributed by atoms with Crippen LogP contribution >= 0.6 is 0 Å². The second-order valence-electron chi connectivity index (χ2n) is 5.95. The number of nitrogens with one attached hydrogen (secondary N) is 1. The van der Waals surface area contributed by atoms with Gasteiger partial charge < -0.3 is 15.2 Å². The molecule has 1 fully saturated rings. The van der Waals surface area contributed by atoms with Crippen LogP contribution in [0, 0.1) is 5.92 Å². The lowest BCUT2D eigenvalue weighted by atomic mass is 10.1. The van der Waals surface area contributed by atoms with Crippen LogP contribution in [0.2, 0.25) is 0 Å². The summed E-state index contributed by atoms with van der Waals surface area (Å²) in [7, 11) is 0. The number of hydrogen-bond acceptors (Lipinski definition) is 3. The van der Waals surface area contributed by atoms with Gasteiger partial charge in [-0.3, -0.25) is 4.79 Å². The first-order valence-corrected chi connectivity index (χ1v) is 7.62. The van der Waals surface area contributed by atoms with Gasteiger partial charge in [0.05, 0.1) is 12.2 Å². The molecule has 0 aromatic heterocycles. The topological polar surface area (TPSA) is 58.6 Å². The zero-order valence-electron chi connectivity index (χ0n) is 12.5. The average molecular weight is 271 g/mol. The van der Waals surface area contributed by atoms with Crippen molar-refractivity contribution < 1.29 is 14.6 Å². The quantitative estimate of drug-likeness (QED) is 0.728. The maximum absolute atomic E-state index is 11.9. The van der Waals surface area contributed by atoms with E-state index in [1.807, 2.05) is 13.8 Å². The summed E-state index contributed by atoms with van der Waals surface area (Å²) in [4.78, 5) is 11.9. The number of rotatable bonds is 6. The molecule has 4 heteroatoms. The molecule has 0 saturated heterocycles. The van der Waals surface area contributed by atoms with E-state index in [2.05, 4.69) is 5.32 Å².